The molecule has 0 saturated carbocycles. The average Bonchev–Trinajstić information content (AvgIpc) is 2.53. The second-order valence-corrected chi connectivity index (χ2v) is 8.29. The summed E-state index contributed by atoms with van der Waals surface area (Å²) in [6.45, 7) is 8.02. The van der Waals surface area contributed by atoms with Gasteiger partial charge < -0.3 is 10.6 Å². The summed E-state index contributed by atoms with van der Waals surface area (Å²) in [5.74, 6) is 0.656. The van der Waals surface area contributed by atoms with Crippen molar-refractivity contribution in [2.45, 2.75) is 32.6 Å². The van der Waals surface area contributed by atoms with Gasteiger partial charge in [-0.25, -0.2) is 13.1 Å². The van der Waals surface area contributed by atoms with Gasteiger partial charge in [-0.1, -0.05) is 45.0 Å². The fraction of sp³-hybridized carbons (Fsp3) is 0.588. The highest BCUT2D eigenvalue weighted by atomic mass is 127. The lowest BCUT2D eigenvalue weighted by molar-refractivity contribution is 0.508. The van der Waals surface area contributed by atoms with E-state index in [1.807, 2.05) is 0 Å². The summed E-state index contributed by atoms with van der Waals surface area (Å²) in [4.78, 5) is 4.16. The van der Waals surface area contributed by atoms with Gasteiger partial charge in [0, 0.05) is 32.1 Å². The minimum absolute atomic E-state index is 0. The minimum atomic E-state index is -3.16. The SMILES string of the molecule is CCc1ccc(C(C)(C)CNC(=NC)NCCNS(C)(=O)=O)cc1.I. The number of hydrogen-bond donors (Lipinski definition) is 3. The van der Waals surface area contributed by atoms with Crippen LogP contribution in [0.25, 0.3) is 0 Å². The molecule has 1 aromatic carbocycles. The summed E-state index contributed by atoms with van der Waals surface area (Å²) in [6.07, 6.45) is 2.18. The molecular weight excluding hydrogens is 451 g/mol. The molecule has 3 N–H and O–H groups in total. The summed E-state index contributed by atoms with van der Waals surface area (Å²) in [5.41, 5.74) is 2.55. The van der Waals surface area contributed by atoms with E-state index in [-0.39, 0.29) is 29.4 Å². The van der Waals surface area contributed by atoms with E-state index in [0.29, 0.717) is 19.0 Å². The monoisotopic (exact) mass is 482 g/mol. The van der Waals surface area contributed by atoms with Gasteiger partial charge in [0.05, 0.1) is 6.26 Å². The summed E-state index contributed by atoms with van der Waals surface area (Å²) < 4.78 is 24.5. The van der Waals surface area contributed by atoms with Crippen molar-refractivity contribution in [3.63, 3.8) is 0 Å². The highest BCUT2D eigenvalue weighted by molar-refractivity contribution is 14.0. The number of nitrogens with zero attached hydrogens (tertiary/aromatic N) is 1. The van der Waals surface area contributed by atoms with E-state index >= 15 is 0 Å². The van der Waals surface area contributed by atoms with Crippen molar-refractivity contribution in [1.82, 2.24) is 15.4 Å². The number of aryl methyl sites for hydroxylation is 1. The Morgan fingerprint density at radius 1 is 1.12 bits per heavy atom. The smallest absolute Gasteiger partial charge is 0.208 e. The van der Waals surface area contributed by atoms with Crippen LogP contribution in [-0.2, 0) is 21.9 Å². The zero-order valence-corrected chi connectivity index (χ0v) is 18.9. The Kier molecular flexibility index (Phi) is 10.6. The third-order valence-corrected chi connectivity index (χ3v) is 4.58. The Morgan fingerprint density at radius 2 is 1.72 bits per heavy atom. The van der Waals surface area contributed by atoms with Crippen LogP contribution in [0.15, 0.2) is 29.3 Å². The molecule has 0 saturated heterocycles. The summed E-state index contributed by atoms with van der Waals surface area (Å²) in [6, 6.07) is 8.68. The normalized spacial score (nSPS) is 12.4. The topological polar surface area (TPSA) is 82.6 Å². The molecule has 144 valence electrons. The molecule has 0 aliphatic heterocycles. The molecule has 6 nitrogen and oxygen atoms in total. The maximum atomic E-state index is 11.0. The Bertz CT molecular complexity index is 643. The molecule has 0 aliphatic carbocycles. The number of hydrogen-bond acceptors (Lipinski definition) is 3. The van der Waals surface area contributed by atoms with Crippen molar-refractivity contribution < 1.29 is 8.42 Å². The van der Waals surface area contributed by atoms with Crippen LogP contribution in [0.2, 0.25) is 0 Å². The van der Waals surface area contributed by atoms with Gasteiger partial charge in [-0.05, 0) is 17.5 Å². The predicted octanol–water partition coefficient (Wildman–Crippen LogP) is 1.86. The first-order valence-electron chi connectivity index (χ1n) is 8.16. The van der Waals surface area contributed by atoms with Crippen LogP contribution < -0.4 is 15.4 Å². The molecule has 0 unspecified atom stereocenters. The maximum Gasteiger partial charge on any atom is 0.208 e. The Balaban J connectivity index is 0.00000576. The first-order chi connectivity index (χ1) is 11.2. The van der Waals surface area contributed by atoms with Crippen molar-refractivity contribution in [1.29, 1.82) is 0 Å². The molecule has 0 spiro atoms. The third-order valence-electron chi connectivity index (χ3n) is 3.85. The van der Waals surface area contributed by atoms with E-state index in [1.165, 1.54) is 11.1 Å². The molecule has 1 aromatic rings. The van der Waals surface area contributed by atoms with Crippen LogP contribution >= 0.6 is 24.0 Å². The first-order valence-corrected chi connectivity index (χ1v) is 10.1. The molecule has 0 heterocycles. The standard InChI is InChI=1S/C17H30N4O2S.HI/c1-6-14-7-9-15(10-8-14)17(2,3)13-20-16(18-4)19-11-12-21-24(5,22)23;/h7-10,21H,6,11-13H2,1-5H3,(H2,18,19,20);1H. The fourth-order valence-electron chi connectivity index (χ4n) is 2.24. The quantitative estimate of drug-likeness (QED) is 0.229. The largest absolute Gasteiger partial charge is 0.356 e. The van der Waals surface area contributed by atoms with Gasteiger partial charge in [0.2, 0.25) is 10.0 Å². The Labute approximate surface area is 169 Å². The maximum absolute atomic E-state index is 11.0. The van der Waals surface area contributed by atoms with Gasteiger partial charge in [-0.2, -0.15) is 0 Å². The number of guanidine groups is 1. The molecule has 0 atom stereocenters. The van der Waals surface area contributed by atoms with Crippen molar-refractivity contribution >= 4 is 40.0 Å². The van der Waals surface area contributed by atoms with Crippen molar-refractivity contribution in [2.75, 3.05) is 32.9 Å². The van der Waals surface area contributed by atoms with Gasteiger partial charge in [-0.15, -0.1) is 24.0 Å². The summed E-state index contributed by atoms with van der Waals surface area (Å²) >= 11 is 0. The average molecular weight is 482 g/mol. The van der Waals surface area contributed by atoms with E-state index in [4.69, 9.17) is 0 Å². The van der Waals surface area contributed by atoms with E-state index in [1.54, 1.807) is 7.05 Å². The summed E-state index contributed by atoms with van der Waals surface area (Å²) in [7, 11) is -1.46. The number of benzene rings is 1. The lowest BCUT2D eigenvalue weighted by Gasteiger charge is -2.27. The van der Waals surface area contributed by atoms with E-state index in [0.717, 1.165) is 19.2 Å². The van der Waals surface area contributed by atoms with Crippen molar-refractivity contribution in [3.05, 3.63) is 35.4 Å². The molecule has 0 aromatic heterocycles. The fourth-order valence-corrected chi connectivity index (χ4v) is 2.71. The third kappa shape index (κ3) is 9.41. The number of aliphatic imine (C=N–C) groups is 1. The van der Waals surface area contributed by atoms with E-state index < -0.39 is 10.0 Å². The van der Waals surface area contributed by atoms with Crippen LogP contribution in [0.4, 0.5) is 0 Å². The number of halogens is 1. The molecule has 0 bridgehead atoms. The van der Waals surface area contributed by atoms with Gasteiger partial charge >= 0.3 is 0 Å². The van der Waals surface area contributed by atoms with Crippen LogP contribution in [-0.4, -0.2) is 47.3 Å². The van der Waals surface area contributed by atoms with Crippen LogP contribution in [0.5, 0.6) is 0 Å². The zero-order valence-electron chi connectivity index (χ0n) is 15.7. The molecule has 25 heavy (non-hydrogen) atoms. The van der Waals surface area contributed by atoms with Gasteiger partial charge in [0.15, 0.2) is 5.96 Å². The lowest BCUT2D eigenvalue weighted by Crippen LogP contribution is -2.45. The van der Waals surface area contributed by atoms with Gasteiger partial charge in [0.1, 0.15) is 0 Å². The van der Waals surface area contributed by atoms with Gasteiger partial charge in [0.25, 0.3) is 0 Å². The zero-order chi connectivity index (χ0) is 18.2. The van der Waals surface area contributed by atoms with Crippen LogP contribution in [0.3, 0.4) is 0 Å². The highest BCUT2D eigenvalue weighted by Gasteiger charge is 2.20. The predicted molar refractivity (Wildman–Crippen MR) is 116 cm³/mol. The van der Waals surface area contributed by atoms with Crippen molar-refractivity contribution in [2.24, 2.45) is 4.99 Å². The number of sulfonamides is 1. The van der Waals surface area contributed by atoms with Gasteiger partial charge in [-0.3, -0.25) is 4.99 Å². The molecule has 1 rings (SSSR count). The first kappa shape index (κ1) is 24.1. The lowest BCUT2D eigenvalue weighted by atomic mass is 9.84. The molecule has 0 aliphatic rings. The Morgan fingerprint density at radius 3 is 2.20 bits per heavy atom. The number of rotatable bonds is 8. The second kappa shape index (κ2) is 11.0. The molecule has 0 radical (unpaired) electrons. The second-order valence-electron chi connectivity index (χ2n) is 6.45. The summed E-state index contributed by atoms with van der Waals surface area (Å²) in [5, 5.41) is 6.39. The molecular formula is C17H31IN4O2S. The van der Waals surface area contributed by atoms with E-state index in [9.17, 15) is 8.42 Å². The van der Waals surface area contributed by atoms with Crippen LogP contribution in [0, 0.1) is 0 Å². The molecule has 0 amide bonds. The van der Waals surface area contributed by atoms with Crippen molar-refractivity contribution in [3.8, 4) is 0 Å². The van der Waals surface area contributed by atoms with E-state index in [2.05, 4.69) is 65.4 Å². The highest BCUT2D eigenvalue weighted by Crippen LogP contribution is 2.22. The van der Waals surface area contributed by atoms with Crippen LogP contribution in [0.1, 0.15) is 31.9 Å². The molecule has 8 heteroatoms. The molecule has 0 fully saturated rings. The minimum Gasteiger partial charge on any atom is -0.356 e. The number of nitrogens with one attached hydrogen (secondary N) is 3. The Hall–Kier alpha value is -0.870.